The van der Waals surface area contributed by atoms with Crippen molar-refractivity contribution in [2.45, 2.75) is 6.10 Å². The molecule has 1 saturated heterocycles. The van der Waals surface area contributed by atoms with Gasteiger partial charge in [-0.05, 0) is 12.1 Å². The maximum Gasteiger partial charge on any atom is 0.258 e. The first kappa shape index (κ1) is 10.9. The lowest BCUT2D eigenvalue weighted by Gasteiger charge is -2.33. The summed E-state index contributed by atoms with van der Waals surface area (Å²) in [7, 11) is 0. The molecule has 1 aliphatic rings. The molecular weight excluding hydrogens is 234 g/mol. The van der Waals surface area contributed by atoms with Crippen molar-refractivity contribution in [2.24, 2.45) is 11.7 Å². The Bertz CT molecular complexity index is 680. The molecule has 0 radical (unpaired) electrons. The Morgan fingerprint density at radius 2 is 2.33 bits per heavy atom. The summed E-state index contributed by atoms with van der Waals surface area (Å²) in [6.07, 6.45) is 1.14. The number of hydrogen-bond acceptors (Lipinski definition) is 4. The van der Waals surface area contributed by atoms with Crippen LogP contribution in [0.4, 0.5) is 0 Å². The maximum atomic E-state index is 11.9. The lowest BCUT2D eigenvalue weighted by molar-refractivity contribution is -0.155. The van der Waals surface area contributed by atoms with E-state index in [2.05, 4.69) is 4.98 Å². The van der Waals surface area contributed by atoms with Crippen LogP contribution in [0.15, 0.2) is 35.3 Å². The number of primary amides is 1. The number of nitrogens with zero attached hydrogens (tertiary/aromatic N) is 2. The fourth-order valence-electron chi connectivity index (χ4n) is 2.03. The fraction of sp³-hybridized carbons (Fsp3) is 0.250. The van der Waals surface area contributed by atoms with E-state index in [1.54, 1.807) is 24.4 Å². The molecule has 1 aliphatic heterocycles. The van der Waals surface area contributed by atoms with E-state index in [-0.39, 0.29) is 12.2 Å². The van der Waals surface area contributed by atoms with Crippen molar-refractivity contribution >= 4 is 11.6 Å². The minimum absolute atomic E-state index is 0.200. The highest BCUT2D eigenvalue weighted by Crippen LogP contribution is 2.33. The van der Waals surface area contributed by atoms with E-state index in [4.69, 9.17) is 10.5 Å². The molecule has 1 amide bonds. The third-order valence-electron chi connectivity index (χ3n) is 3.07. The van der Waals surface area contributed by atoms with E-state index >= 15 is 0 Å². The van der Waals surface area contributed by atoms with Gasteiger partial charge in [0.05, 0.1) is 18.2 Å². The molecule has 2 atom stereocenters. The zero-order valence-electron chi connectivity index (χ0n) is 9.45. The van der Waals surface area contributed by atoms with Crippen LogP contribution in [0.5, 0.6) is 0 Å². The number of aromatic nitrogens is 2. The Hall–Kier alpha value is -2.21. The van der Waals surface area contributed by atoms with Gasteiger partial charge in [-0.3, -0.25) is 14.0 Å². The predicted molar refractivity (Wildman–Crippen MR) is 62.8 cm³/mol. The summed E-state index contributed by atoms with van der Waals surface area (Å²) in [4.78, 5) is 27.3. The van der Waals surface area contributed by atoms with E-state index < -0.39 is 17.9 Å². The van der Waals surface area contributed by atoms with Crippen LogP contribution in [0.3, 0.4) is 0 Å². The van der Waals surface area contributed by atoms with Crippen molar-refractivity contribution in [3.8, 4) is 0 Å². The number of fused-ring (bicyclic) bond motifs is 1. The zero-order chi connectivity index (χ0) is 12.7. The van der Waals surface area contributed by atoms with Gasteiger partial charge >= 0.3 is 0 Å². The molecule has 18 heavy (non-hydrogen) atoms. The number of amides is 1. The SMILES string of the molecule is NC(=O)C1COC1c1cc(=O)n2ccccc2n1. The molecule has 3 rings (SSSR count). The van der Waals surface area contributed by atoms with Crippen LogP contribution in [0.2, 0.25) is 0 Å². The summed E-state index contributed by atoms with van der Waals surface area (Å²) in [6.45, 7) is 0.288. The first-order valence-electron chi connectivity index (χ1n) is 5.56. The van der Waals surface area contributed by atoms with Crippen LogP contribution in [0.1, 0.15) is 11.8 Å². The molecule has 2 N–H and O–H groups in total. The zero-order valence-corrected chi connectivity index (χ0v) is 9.45. The molecule has 92 valence electrons. The van der Waals surface area contributed by atoms with Gasteiger partial charge < -0.3 is 10.5 Å². The molecule has 1 fully saturated rings. The topological polar surface area (TPSA) is 86.7 Å². The maximum absolute atomic E-state index is 11.9. The van der Waals surface area contributed by atoms with Crippen LogP contribution >= 0.6 is 0 Å². The molecule has 6 heteroatoms. The molecule has 0 aromatic carbocycles. The van der Waals surface area contributed by atoms with Crippen LogP contribution in [0, 0.1) is 5.92 Å². The Morgan fingerprint density at radius 1 is 1.50 bits per heavy atom. The first-order valence-corrected chi connectivity index (χ1v) is 5.56. The van der Waals surface area contributed by atoms with Gasteiger partial charge in [0, 0.05) is 12.3 Å². The molecule has 0 saturated carbocycles. The molecule has 2 unspecified atom stereocenters. The number of rotatable bonds is 2. The molecule has 0 spiro atoms. The Morgan fingerprint density at radius 3 is 3.00 bits per heavy atom. The number of hydrogen-bond donors (Lipinski definition) is 1. The molecular formula is C12H11N3O3. The van der Waals surface area contributed by atoms with Gasteiger partial charge in [-0.15, -0.1) is 0 Å². The van der Waals surface area contributed by atoms with Gasteiger partial charge in [0.2, 0.25) is 5.91 Å². The van der Waals surface area contributed by atoms with E-state index in [0.29, 0.717) is 11.3 Å². The van der Waals surface area contributed by atoms with Crippen molar-refractivity contribution in [2.75, 3.05) is 6.61 Å². The van der Waals surface area contributed by atoms with E-state index in [9.17, 15) is 9.59 Å². The van der Waals surface area contributed by atoms with E-state index in [0.717, 1.165) is 0 Å². The van der Waals surface area contributed by atoms with Crippen LogP contribution in [-0.2, 0) is 9.53 Å². The van der Waals surface area contributed by atoms with Gasteiger partial charge in [-0.1, -0.05) is 6.07 Å². The average Bonchev–Trinajstić information content (AvgIpc) is 2.26. The van der Waals surface area contributed by atoms with Crippen molar-refractivity contribution in [3.05, 3.63) is 46.5 Å². The quantitative estimate of drug-likeness (QED) is 0.798. The lowest BCUT2D eigenvalue weighted by atomic mass is 9.94. The average molecular weight is 245 g/mol. The smallest absolute Gasteiger partial charge is 0.258 e. The Labute approximate surface area is 102 Å². The fourth-order valence-corrected chi connectivity index (χ4v) is 2.03. The van der Waals surface area contributed by atoms with Crippen LogP contribution < -0.4 is 11.3 Å². The molecule has 6 nitrogen and oxygen atoms in total. The van der Waals surface area contributed by atoms with E-state index in [1.807, 2.05) is 0 Å². The van der Waals surface area contributed by atoms with Gasteiger partial charge in [-0.25, -0.2) is 4.98 Å². The second-order valence-corrected chi connectivity index (χ2v) is 4.21. The van der Waals surface area contributed by atoms with Gasteiger partial charge in [0.25, 0.3) is 5.56 Å². The summed E-state index contributed by atoms with van der Waals surface area (Å²) >= 11 is 0. The Balaban J connectivity index is 2.09. The second kappa shape index (κ2) is 3.92. The summed E-state index contributed by atoms with van der Waals surface area (Å²) in [5.41, 5.74) is 6.03. The van der Waals surface area contributed by atoms with E-state index in [1.165, 1.54) is 10.5 Å². The number of ether oxygens (including phenoxy) is 1. The van der Waals surface area contributed by atoms with Crippen LogP contribution in [0.25, 0.3) is 5.65 Å². The highest BCUT2D eigenvalue weighted by Gasteiger charge is 2.39. The summed E-state index contributed by atoms with van der Waals surface area (Å²) in [6, 6.07) is 6.65. The van der Waals surface area contributed by atoms with Crippen LogP contribution in [-0.4, -0.2) is 21.9 Å². The minimum Gasteiger partial charge on any atom is -0.370 e. The molecule has 2 aromatic heterocycles. The molecule has 0 bridgehead atoms. The second-order valence-electron chi connectivity index (χ2n) is 4.21. The largest absolute Gasteiger partial charge is 0.370 e. The first-order chi connectivity index (χ1) is 8.66. The predicted octanol–water partition coefficient (Wildman–Crippen LogP) is -0.133. The van der Waals surface area contributed by atoms with Gasteiger partial charge in [0.1, 0.15) is 11.8 Å². The number of carbonyl (C=O) groups is 1. The van der Waals surface area contributed by atoms with Crippen molar-refractivity contribution < 1.29 is 9.53 Å². The lowest BCUT2D eigenvalue weighted by Crippen LogP contribution is -2.42. The third kappa shape index (κ3) is 1.58. The highest BCUT2D eigenvalue weighted by atomic mass is 16.5. The standard InChI is InChI=1S/C12H11N3O3/c13-12(17)7-6-18-11(7)8-5-10(16)15-4-2-1-3-9(15)14-8/h1-5,7,11H,6H2,(H2,13,17). The van der Waals surface area contributed by atoms with Gasteiger partial charge in [0.15, 0.2) is 0 Å². The number of nitrogens with two attached hydrogens (primary N) is 1. The summed E-state index contributed by atoms with van der Waals surface area (Å²) in [5.74, 6) is -0.829. The van der Waals surface area contributed by atoms with Crippen molar-refractivity contribution in [1.82, 2.24) is 9.38 Å². The highest BCUT2D eigenvalue weighted by molar-refractivity contribution is 5.78. The summed E-state index contributed by atoms with van der Waals surface area (Å²) in [5, 5.41) is 0. The number of carbonyl (C=O) groups excluding carboxylic acids is 1. The summed E-state index contributed by atoms with van der Waals surface area (Å²) < 4.78 is 6.72. The monoisotopic (exact) mass is 245 g/mol. The minimum atomic E-state index is -0.500. The number of pyridine rings is 1. The van der Waals surface area contributed by atoms with Crippen molar-refractivity contribution in [3.63, 3.8) is 0 Å². The molecule has 2 aromatic rings. The van der Waals surface area contributed by atoms with Crippen molar-refractivity contribution in [1.29, 1.82) is 0 Å². The molecule has 3 heterocycles. The Kier molecular flexibility index (Phi) is 2.38. The van der Waals surface area contributed by atoms with Gasteiger partial charge in [-0.2, -0.15) is 0 Å². The third-order valence-corrected chi connectivity index (χ3v) is 3.07. The normalized spacial score (nSPS) is 22.7. The molecule has 0 aliphatic carbocycles.